The number of aliphatic hydroxyl groups excluding tert-OH is 1. The summed E-state index contributed by atoms with van der Waals surface area (Å²) in [7, 11) is 1.97. The van der Waals surface area contributed by atoms with Crippen LogP contribution in [0.15, 0.2) is 48.3 Å². The first-order chi connectivity index (χ1) is 9.22. The van der Waals surface area contributed by atoms with Crippen molar-refractivity contribution in [2.24, 2.45) is 0 Å². The van der Waals surface area contributed by atoms with Crippen LogP contribution in [-0.4, -0.2) is 24.5 Å². The molecule has 0 aliphatic rings. The van der Waals surface area contributed by atoms with Crippen molar-refractivity contribution in [3.63, 3.8) is 0 Å². The van der Waals surface area contributed by atoms with Crippen molar-refractivity contribution in [2.45, 2.75) is 13.3 Å². The van der Waals surface area contributed by atoms with Crippen LogP contribution in [-0.2, 0) is 6.42 Å². The predicted octanol–water partition coefficient (Wildman–Crippen LogP) is 3.53. The molecule has 0 bridgehead atoms. The van der Waals surface area contributed by atoms with E-state index < -0.39 is 0 Å². The van der Waals surface area contributed by atoms with E-state index in [9.17, 15) is 0 Å². The molecule has 0 aromatic heterocycles. The summed E-state index contributed by atoms with van der Waals surface area (Å²) in [6.45, 7) is 2.65. The normalized spacial score (nSPS) is 12.0. The van der Waals surface area contributed by atoms with Crippen LogP contribution in [0.4, 0.5) is 5.69 Å². The zero-order valence-corrected chi connectivity index (χ0v) is 12.3. The van der Waals surface area contributed by atoms with E-state index in [0.29, 0.717) is 5.76 Å². The van der Waals surface area contributed by atoms with Gasteiger partial charge in [0.2, 0.25) is 0 Å². The van der Waals surface area contributed by atoms with Crippen molar-refractivity contribution in [3.8, 4) is 0 Å². The Morgan fingerprint density at radius 1 is 1.42 bits per heavy atom. The number of likely N-dealkylation sites (N-methyl/N-ethyl adjacent to an activating group) is 1. The topological polar surface area (TPSA) is 44.3 Å². The fraction of sp³-hybridized carbons (Fsp3) is 0.333. The lowest BCUT2D eigenvalue weighted by atomic mass is 10.1. The Labute approximate surface area is 119 Å². The molecule has 19 heavy (non-hydrogen) atoms. The molecule has 0 radical (unpaired) electrons. The minimum atomic E-state index is 0.325. The van der Waals surface area contributed by atoms with Crippen LogP contribution in [0.25, 0.3) is 0 Å². The maximum Gasteiger partial charge on any atom is 0.0891 e. The molecule has 4 heteroatoms. The molecule has 0 saturated heterocycles. The van der Waals surface area contributed by atoms with Gasteiger partial charge in [0, 0.05) is 11.4 Å². The van der Waals surface area contributed by atoms with Crippen LogP contribution in [0.5, 0.6) is 0 Å². The average molecular weight is 278 g/mol. The van der Waals surface area contributed by atoms with E-state index in [-0.39, 0.29) is 0 Å². The monoisotopic (exact) mass is 278 g/mol. The lowest BCUT2D eigenvalue weighted by Crippen LogP contribution is -2.10. The minimum absolute atomic E-state index is 0.325. The van der Waals surface area contributed by atoms with Gasteiger partial charge in [0.15, 0.2) is 0 Å². The second-order valence-corrected chi connectivity index (χ2v) is 5.03. The number of aliphatic hydroxyl groups is 1. The zero-order valence-electron chi connectivity index (χ0n) is 11.5. The molecular weight excluding hydrogens is 256 g/mol. The van der Waals surface area contributed by atoms with Gasteiger partial charge in [-0.05, 0) is 62.7 Å². The fourth-order valence-corrected chi connectivity index (χ4v) is 2.08. The van der Waals surface area contributed by atoms with Crippen molar-refractivity contribution in [1.82, 2.24) is 5.32 Å². The molecule has 104 valence electrons. The lowest BCUT2D eigenvalue weighted by molar-refractivity contribution is 0.414. The molecule has 0 saturated carbocycles. The van der Waals surface area contributed by atoms with Gasteiger partial charge < -0.3 is 15.1 Å². The summed E-state index contributed by atoms with van der Waals surface area (Å²) < 4.78 is 3.31. The summed E-state index contributed by atoms with van der Waals surface area (Å²) in [5.74, 6) is 1.18. The Bertz CT molecular complexity index is 426. The zero-order chi connectivity index (χ0) is 13.9. The Hall–Kier alpha value is -1.39. The van der Waals surface area contributed by atoms with Crippen LogP contribution < -0.4 is 10.0 Å². The van der Waals surface area contributed by atoms with Crippen molar-refractivity contribution in [2.75, 3.05) is 24.1 Å². The molecule has 0 amide bonds. The summed E-state index contributed by atoms with van der Waals surface area (Å²) in [5, 5.41) is 12.1. The molecule has 1 aromatic rings. The summed E-state index contributed by atoms with van der Waals surface area (Å²) in [6.07, 6.45) is 6.58. The Kier molecular flexibility index (Phi) is 7.86. The predicted molar refractivity (Wildman–Crippen MR) is 85.7 cm³/mol. The van der Waals surface area contributed by atoms with Gasteiger partial charge in [-0.15, -0.1) is 0 Å². The van der Waals surface area contributed by atoms with E-state index in [4.69, 9.17) is 5.11 Å². The summed E-state index contributed by atoms with van der Waals surface area (Å²) in [6, 6.07) is 8.45. The van der Waals surface area contributed by atoms with E-state index in [1.807, 2.05) is 19.2 Å². The molecule has 1 rings (SSSR count). The molecule has 1 aromatic carbocycles. The summed E-state index contributed by atoms with van der Waals surface area (Å²) >= 11 is 1.63. The van der Waals surface area contributed by atoms with E-state index in [1.165, 1.54) is 5.56 Å². The standard InChI is InChI=1S/C15H22N2OS/c1-13(18)6-3-4-11-19-17-15-8-5-7-14(12-15)9-10-16-2/h3-8,12,16-18H,9-11H2,1-2H3/b4-3+,13-6-. The summed E-state index contributed by atoms with van der Waals surface area (Å²) in [4.78, 5) is 0. The number of allylic oxidation sites excluding steroid dienone is 3. The van der Waals surface area contributed by atoms with Gasteiger partial charge in [-0.3, -0.25) is 0 Å². The average Bonchev–Trinajstić information content (AvgIpc) is 2.40. The molecule has 0 heterocycles. The molecule has 0 spiro atoms. The number of rotatable bonds is 8. The lowest BCUT2D eigenvalue weighted by Gasteiger charge is -2.06. The number of hydrogen-bond donors (Lipinski definition) is 3. The van der Waals surface area contributed by atoms with Gasteiger partial charge in [0.25, 0.3) is 0 Å². The number of hydrogen-bond acceptors (Lipinski definition) is 4. The third-order valence-corrected chi connectivity index (χ3v) is 3.17. The first-order valence-corrected chi connectivity index (χ1v) is 7.34. The highest BCUT2D eigenvalue weighted by Crippen LogP contribution is 2.15. The maximum absolute atomic E-state index is 8.97. The van der Waals surface area contributed by atoms with Gasteiger partial charge >= 0.3 is 0 Å². The third kappa shape index (κ3) is 7.59. The van der Waals surface area contributed by atoms with Crippen LogP contribution >= 0.6 is 11.9 Å². The van der Waals surface area contributed by atoms with Gasteiger partial charge in [-0.1, -0.05) is 24.3 Å². The highest BCUT2D eigenvalue weighted by Gasteiger charge is 1.95. The highest BCUT2D eigenvalue weighted by atomic mass is 32.2. The van der Waals surface area contributed by atoms with E-state index in [1.54, 1.807) is 24.9 Å². The first-order valence-electron chi connectivity index (χ1n) is 6.36. The van der Waals surface area contributed by atoms with Gasteiger partial charge in [0.05, 0.1) is 5.76 Å². The molecule has 3 nitrogen and oxygen atoms in total. The fourth-order valence-electron chi connectivity index (χ4n) is 1.50. The molecule has 0 unspecified atom stereocenters. The van der Waals surface area contributed by atoms with Crippen molar-refractivity contribution in [3.05, 3.63) is 53.8 Å². The number of anilines is 1. The molecule has 0 aliphatic heterocycles. The maximum atomic E-state index is 8.97. The largest absolute Gasteiger partial charge is 0.513 e. The Balaban J connectivity index is 2.32. The van der Waals surface area contributed by atoms with Crippen molar-refractivity contribution in [1.29, 1.82) is 0 Å². The van der Waals surface area contributed by atoms with E-state index in [2.05, 4.69) is 34.3 Å². The van der Waals surface area contributed by atoms with E-state index >= 15 is 0 Å². The van der Waals surface area contributed by atoms with E-state index in [0.717, 1.165) is 24.4 Å². The van der Waals surface area contributed by atoms with Crippen LogP contribution in [0.2, 0.25) is 0 Å². The molecule has 0 aliphatic carbocycles. The van der Waals surface area contributed by atoms with Crippen LogP contribution in [0.1, 0.15) is 12.5 Å². The highest BCUT2D eigenvalue weighted by molar-refractivity contribution is 8.00. The quantitative estimate of drug-likeness (QED) is 0.295. The minimum Gasteiger partial charge on any atom is -0.513 e. The summed E-state index contributed by atoms with van der Waals surface area (Å²) in [5.41, 5.74) is 2.45. The van der Waals surface area contributed by atoms with Crippen LogP contribution in [0.3, 0.4) is 0 Å². The molecular formula is C15H22N2OS. The second-order valence-electron chi connectivity index (χ2n) is 4.20. The molecule has 0 atom stereocenters. The van der Waals surface area contributed by atoms with Crippen molar-refractivity contribution >= 4 is 17.6 Å². The first kappa shape index (κ1) is 15.7. The Morgan fingerprint density at radius 3 is 3.00 bits per heavy atom. The number of nitrogens with one attached hydrogen (secondary N) is 2. The van der Waals surface area contributed by atoms with Crippen LogP contribution in [0, 0.1) is 0 Å². The molecule has 3 N–H and O–H groups in total. The van der Waals surface area contributed by atoms with Crippen molar-refractivity contribution < 1.29 is 5.11 Å². The SMILES string of the molecule is CNCCc1cccc(NSC/C=C/C=C(/C)O)c1. The third-order valence-electron chi connectivity index (χ3n) is 2.43. The van der Waals surface area contributed by atoms with Gasteiger partial charge in [0.1, 0.15) is 0 Å². The smallest absolute Gasteiger partial charge is 0.0891 e. The van der Waals surface area contributed by atoms with Gasteiger partial charge in [-0.2, -0.15) is 0 Å². The Morgan fingerprint density at radius 2 is 2.26 bits per heavy atom. The second kappa shape index (κ2) is 9.53. The van der Waals surface area contributed by atoms with Gasteiger partial charge in [-0.25, -0.2) is 0 Å². The number of benzene rings is 1. The molecule has 0 fully saturated rings.